The summed E-state index contributed by atoms with van der Waals surface area (Å²) in [7, 11) is 1.95. The van der Waals surface area contributed by atoms with Crippen LogP contribution in [0.1, 0.15) is 32.4 Å². The first kappa shape index (κ1) is 20.2. The monoisotopic (exact) mass is 364 g/mol. The molecule has 1 aromatic heterocycles. The fraction of sp³-hybridized carbons (Fsp3) is 0.765. The normalized spacial score (nSPS) is 16.2. The molecule has 2 heterocycles. The zero-order chi connectivity index (χ0) is 19.1. The molecular weight excluding hydrogens is 332 g/mol. The Kier molecular flexibility index (Phi) is 7.38. The molecule has 0 bridgehead atoms. The number of carbonyl (C=O) groups is 1. The molecule has 0 saturated carbocycles. The third-order valence-corrected chi connectivity index (χ3v) is 4.38. The van der Waals surface area contributed by atoms with Crippen LogP contribution in [0, 0.1) is 6.92 Å². The van der Waals surface area contributed by atoms with Crippen molar-refractivity contribution >= 4 is 11.9 Å². The van der Waals surface area contributed by atoms with Crippen LogP contribution >= 0.6 is 0 Å². The molecule has 9 heteroatoms. The highest BCUT2D eigenvalue weighted by Crippen LogP contribution is 2.05. The molecule has 9 nitrogen and oxygen atoms in total. The molecule has 1 saturated heterocycles. The first-order valence-corrected chi connectivity index (χ1v) is 9.30. The number of nitrogens with one attached hydrogen (secondary N) is 2. The SMILES string of the molecule is CCNC(=NCc1nnc(C)n1C)N1CCN(CC(=O)NC(C)C)CC1. The van der Waals surface area contributed by atoms with Gasteiger partial charge in [-0.2, -0.15) is 0 Å². The standard InChI is InChI=1S/C17H32N8O/c1-6-18-17(19-11-15-22-21-14(4)23(15)5)25-9-7-24(8-10-25)12-16(26)20-13(2)3/h13H,6-12H2,1-5H3,(H,18,19)(H,20,26). The number of piperazine rings is 1. The summed E-state index contributed by atoms with van der Waals surface area (Å²) in [5.41, 5.74) is 0. The smallest absolute Gasteiger partial charge is 0.234 e. The van der Waals surface area contributed by atoms with Gasteiger partial charge < -0.3 is 20.1 Å². The molecular formula is C17H32N8O. The van der Waals surface area contributed by atoms with Gasteiger partial charge in [0.15, 0.2) is 11.8 Å². The quantitative estimate of drug-likeness (QED) is 0.533. The lowest BCUT2D eigenvalue weighted by molar-refractivity contribution is -0.123. The maximum absolute atomic E-state index is 11.9. The van der Waals surface area contributed by atoms with E-state index in [2.05, 4.69) is 37.6 Å². The minimum atomic E-state index is 0.0895. The highest BCUT2D eigenvalue weighted by atomic mass is 16.2. The van der Waals surface area contributed by atoms with Gasteiger partial charge in [0.2, 0.25) is 5.91 Å². The minimum Gasteiger partial charge on any atom is -0.357 e. The second-order valence-electron chi connectivity index (χ2n) is 6.88. The number of aryl methyl sites for hydroxylation is 1. The number of aromatic nitrogens is 3. The summed E-state index contributed by atoms with van der Waals surface area (Å²) in [6.07, 6.45) is 0. The molecule has 1 amide bonds. The molecule has 1 aliphatic rings. The van der Waals surface area contributed by atoms with Crippen LogP contribution in [0.5, 0.6) is 0 Å². The van der Waals surface area contributed by atoms with E-state index in [1.165, 1.54) is 0 Å². The van der Waals surface area contributed by atoms with E-state index in [1.54, 1.807) is 0 Å². The fourth-order valence-electron chi connectivity index (χ4n) is 2.85. The molecule has 0 atom stereocenters. The second kappa shape index (κ2) is 9.51. The molecule has 146 valence electrons. The van der Waals surface area contributed by atoms with Gasteiger partial charge in [-0.1, -0.05) is 0 Å². The molecule has 0 aromatic carbocycles. The van der Waals surface area contributed by atoms with E-state index in [-0.39, 0.29) is 11.9 Å². The Balaban J connectivity index is 1.90. The second-order valence-corrected chi connectivity index (χ2v) is 6.88. The number of rotatable bonds is 6. The van der Waals surface area contributed by atoms with E-state index in [1.807, 2.05) is 32.4 Å². The van der Waals surface area contributed by atoms with Crippen molar-refractivity contribution in [2.45, 2.75) is 40.3 Å². The molecule has 0 spiro atoms. The van der Waals surface area contributed by atoms with Crippen LogP contribution in [-0.4, -0.2) is 81.7 Å². The van der Waals surface area contributed by atoms with Gasteiger partial charge >= 0.3 is 0 Å². The molecule has 1 fully saturated rings. The Morgan fingerprint density at radius 1 is 1.23 bits per heavy atom. The van der Waals surface area contributed by atoms with Crippen LogP contribution in [0.3, 0.4) is 0 Å². The highest BCUT2D eigenvalue weighted by molar-refractivity contribution is 5.80. The fourth-order valence-corrected chi connectivity index (χ4v) is 2.85. The summed E-state index contributed by atoms with van der Waals surface area (Å²) in [5.74, 6) is 2.71. The third kappa shape index (κ3) is 5.69. The summed E-state index contributed by atoms with van der Waals surface area (Å²) >= 11 is 0. The van der Waals surface area contributed by atoms with Crippen molar-refractivity contribution in [3.63, 3.8) is 0 Å². The van der Waals surface area contributed by atoms with Crippen LogP contribution in [-0.2, 0) is 18.4 Å². The molecule has 1 aromatic rings. The van der Waals surface area contributed by atoms with Gasteiger partial charge in [0, 0.05) is 45.8 Å². The topological polar surface area (TPSA) is 90.7 Å². The average molecular weight is 364 g/mol. The van der Waals surface area contributed by atoms with Crippen LogP contribution in [0.15, 0.2) is 4.99 Å². The Morgan fingerprint density at radius 3 is 2.46 bits per heavy atom. The minimum absolute atomic E-state index is 0.0895. The molecule has 0 unspecified atom stereocenters. The average Bonchev–Trinajstić information content (AvgIpc) is 2.90. The lowest BCUT2D eigenvalue weighted by atomic mass is 10.3. The van der Waals surface area contributed by atoms with E-state index in [0.717, 1.165) is 50.3 Å². The lowest BCUT2D eigenvalue weighted by Gasteiger charge is -2.36. The largest absolute Gasteiger partial charge is 0.357 e. The summed E-state index contributed by atoms with van der Waals surface area (Å²) < 4.78 is 1.96. The van der Waals surface area contributed by atoms with Crippen molar-refractivity contribution in [2.75, 3.05) is 39.3 Å². The van der Waals surface area contributed by atoms with Gasteiger partial charge in [0.1, 0.15) is 12.4 Å². The molecule has 2 N–H and O–H groups in total. The van der Waals surface area contributed by atoms with Crippen LogP contribution in [0.25, 0.3) is 0 Å². The van der Waals surface area contributed by atoms with Crippen molar-refractivity contribution in [3.8, 4) is 0 Å². The predicted molar refractivity (Wildman–Crippen MR) is 102 cm³/mol. The first-order valence-electron chi connectivity index (χ1n) is 9.30. The molecule has 2 rings (SSSR count). The zero-order valence-electron chi connectivity index (χ0n) is 16.6. The zero-order valence-corrected chi connectivity index (χ0v) is 16.6. The number of amides is 1. The number of hydrogen-bond donors (Lipinski definition) is 2. The molecule has 26 heavy (non-hydrogen) atoms. The van der Waals surface area contributed by atoms with Crippen molar-refractivity contribution in [3.05, 3.63) is 11.6 Å². The van der Waals surface area contributed by atoms with E-state index in [0.29, 0.717) is 13.1 Å². The van der Waals surface area contributed by atoms with E-state index in [4.69, 9.17) is 4.99 Å². The Bertz CT molecular complexity index is 616. The Morgan fingerprint density at radius 2 is 1.92 bits per heavy atom. The van der Waals surface area contributed by atoms with Gasteiger partial charge in [-0.25, -0.2) is 4.99 Å². The van der Waals surface area contributed by atoms with Gasteiger partial charge in [-0.05, 0) is 27.7 Å². The predicted octanol–water partition coefficient (Wildman–Crippen LogP) is -0.269. The first-order chi connectivity index (χ1) is 12.4. The van der Waals surface area contributed by atoms with Gasteiger partial charge in [0.25, 0.3) is 0 Å². The Hall–Kier alpha value is -2.16. The summed E-state index contributed by atoms with van der Waals surface area (Å²) in [5, 5.41) is 14.5. The number of aliphatic imine (C=N–C) groups is 1. The van der Waals surface area contributed by atoms with Crippen LogP contribution < -0.4 is 10.6 Å². The van der Waals surface area contributed by atoms with Crippen molar-refractivity contribution in [1.29, 1.82) is 0 Å². The number of nitrogens with zero attached hydrogens (tertiary/aromatic N) is 6. The van der Waals surface area contributed by atoms with Crippen LogP contribution in [0.4, 0.5) is 0 Å². The van der Waals surface area contributed by atoms with Crippen molar-refractivity contribution in [2.24, 2.45) is 12.0 Å². The number of guanidine groups is 1. The number of hydrogen-bond acceptors (Lipinski definition) is 5. The van der Waals surface area contributed by atoms with Crippen molar-refractivity contribution < 1.29 is 4.79 Å². The van der Waals surface area contributed by atoms with E-state index >= 15 is 0 Å². The van der Waals surface area contributed by atoms with E-state index < -0.39 is 0 Å². The maximum atomic E-state index is 11.9. The van der Waals surface area contributed by atoms with Gasteiger partial charge in [0.05, 0.1) is 6.54 Å². The number of carbonyl (C=O) groups excluding carboxylic acids is 1. The summed E-state index contributed by atoms with van der Waals surface area (Å²) in [6, 6.07) is 0.181. The molecule has 0 aliphatic carbocycles. The summed E-state index contributed by atoms with van der Waals surface area (Å²) in [6.45, 7) is 13.1. The van der Waals surface area contributed by atoms with Crippen molar-refractivity contribution in [1.82, 2.24) is 35.2 Å². The van der Waals surface area contributed by atoms with Gasteiger partial charge in [-0.15, -0.1) is 10.2 Å². The summed E-state index contributed by atoms with van der Waals surface area (Å²) in [4.78, 5) is 21.1. The van der Waals surface area contributed by atoms with E-state index in [9.17, 15) is 4.79 Å². The lowest BCUT2D eigenvalue weighted by Crippen LogP contribution is -2.54. The Labute approximate surface area is 155 Å². The highest BCUT2D eigenvalue weighted by Gasteiger charge is 2.21. The van der Waals surface area contributed by atoms with Crippen LogP contribution in [0.2, 0.25) is 0 Å². The maximum Gasteiger partial charge on any atom is 0.234 e. The molecule has 0 radical (unpaired) electrons. The molecule has 1 aliphatic heterocycles. The third-order valence-electron chi connectivity index (χ3n) is 4.38. The van der Waals surface area contributed by atoms with Gasteiger partial charge in [-0.3, -0.25) is 9.69 Å².